The smallest absolute Gasteiger partial charge is 0.335 e. The van der Waals surface area contributed by atoms with Crippen LogP contribution in [-0.4, -0.2) is 63.7 Å². The normalized spacial score (nSPS) is 26.4. The Hall–Kier alpha value is -0.730. The van der Waals surface area contributed by atoms with Crippen molar-refractivity contribution in [1.29, 1.82) is 0 Å². The first-order chi connectivity index (χ1) is 13.0. The zero-order chi connectivity index (χ0) is 20.1. The molecule has 0 aromatic heterocycles. The number of aliphatic carboxylic acids is 1. The van der Waals surface area contributed by atoms with E-state index in [0.717, 1.165) is 19.3 Å². The van der Waals surface area contributed by atoms with Gasteiger partial charge < -0.3 is 29.9 Å². The fraction of sp³-hybridized carbons (Fsp3) is 0.950. The van der Waals surface area contributed by atoms with E-state index in [-0.39, 0.29) is 0 Å². The first-order valence-corrected chi connectivity index (χ1v) is 10.5. The topological polar surface area (TPSA) is 116 Å². The maximum atomic E-state index is 10.8. The Morgan fingerprint density at radius 3 is 1.85 bits per heavy atom. The van der Waals surface area contributed by atoms with E-state index in [1.54, 1.807) is 0 Å². The molecule has 1 heterocycles. The highest BCUT2D eigenvalue weighted by molar-refractivity contribution is 5.72. The quantitative estimate of drug-likeness (QED) is 0.299. The molecule has 1 rings (SSSR count). The molecule has 0 saturated carbocycles. The van der Waals surface area contributed by atoms with Crippen molar-refractivity contribution in [3.8, 4) is 0 Å². The summed E-state index contributed by atoms with van der Waals surface area (Å²) < 4.78 is 10.6. The van der Waals surface area contributed by atoms with Gasteiger partial charge in [-0.2, -0.15) is 0 Å². The second kappa shape index (κ2) is 14.3. The molecule has 4 N–H and O–H groups in total. The van der Waals surface area contributed by atoms with Gasteiger partial charge in [-0.15, -0.1) is 0 Å². The lowest BCUT2D eigenvalue weighted by atomic mass is 10.1. The van der Waals surface area contributed by atoms with Crippen molar-refractivity contribution in [2.24, 2.45) is 0 Å². The molecule has 27 heavy (non-hydrogen) atoms. The molecule has 1 aliphatic heterocycles. The summed E-state index contributed by atoms with van der Waals surface area (Å²) >= 11 is 0. The van der Waals surface area contributed by atoms with E-state index in [1.165, 1.54) is 57.8 Å². The van der Waals surface area contributed by atoms with E-state index in [9.17, 15) is 20.1 Å². The van der Waals surface area contributed by atoms with Crippen LogP contribution in [0, 0.1) is 0 Å². The average molecular weight is 391 g/mol. The van der Waals surface area contributed by atoms with Crippen molar-refractivity contribution >= 4 is 5.97 Å². The number of aliphatic hydroxyl groups excluding tert-OH is 3. The lowest BCUT2D eigenvalue weighted by molar-refractivity contribution is -0.186. The van der Waals surface area contributed by atoms with E-state index < -0.39 is 36.7 Å². The van der Waals surface area contributed by atoms with Crippen LogP contribution >= 0.6 is 0 Å². The highest BCUT2D eigenvalue weighted by atomic mass is 16.7. The minimum absolute atomic E-state index is 0.363. The molecule has 1 saturated heterocycles. The van der Waals surface area contributed by atoms with Gasteiger partial charge in [0, 0.05) is 6.61 Å². The molecule has 1 aliphatic rings. The average Bonchev–Trinajstić information content (AvgIpc) is 2.93. The zero-order valence-electron chi connectivity index (χ0n) is 16.6. The highest BCUT2D eigenvalue weighted by Crippen LogP contribution is 2.25. The van der Waals surface area contributed by atoms with Crippen LogP contribution in [0.4, 0.5) is 0 Å². The van der Waals surface area contributed by atoms with E-state index in [2.05, 4.69) is 6.92 Å². The van der Waals surface area contributed by atoms with Crippen LogP contribution in [0.3, 0.4) is 0 Å². The second-order valence-corrected chi connectivity index (χ2v) is 7.49. The third-order valence-electron chi connectivity index (χ3n) is 5.10. The molecule has 7 heteroatoms. The van der Waals surface area contributed by atoms with Gasteiger partial charge in [-0.25, -0.2) is 4.79 Å². The fourth-order valence-electron chi connectivity index (χ4n) is 3.35. The summed E-state index contributed by atoms with van der Waals surface area (Å²) in [6.45, 7) is 2.60. The predicted molar refractivity (Wildman–Crippen MR) is 101 cm³/mol. The molecule has 0 unspecified atom stereocenters. The Balaban J connectivity index is 1.98. The lowest BCUT2D eigenvalue weighted by Gasteiger charge is -2.17. The Labute approximate surface area is 162 Å². The number of carbonyl (C=O) groups is 1. The second-order valence-electron chi connectivity index (χ2n) is 7.49. The molecule has 0 aromatic rings. The summed E-state index contributed by atoms with van der Waals surface area (Å²) in [5.74, 6) is -1.51. The third kappa shape index (κ3) is 9.34. The van der Waals surface area contributed by atoms with Gasteiger partial charge in [0.25, 0.3) is 0 Å². The molecular weight excluding hydrogens is 352 g/mol. The van der Waals surface area contributed by atoms with Crippen LogP contribution < -0.4 is 0 Å². The van der Waals surface area contributed by atoms with Crippen LogP contribution in [-0.2, 0) is 14.3 Å². The van der Waals surface area contributed by atoms with Crippen LogP contribution in [0.15, 0.2) is 0 Å². The Kier molecular flexibility index (Phi) is 12.9. The van der Waals surface area contributed by atoms with Gasteiger partial charge in [0.15, 0.2) is 12.4 Å². The SMILES string of the molecule is CCCCCCCCCCCCCCO[C@@H]1O[C@@H]([C@H](O)C(=O)O)[C@H](O)[C@H]1O. The maximum absolute atomic E-state index is 10.8. The summed E-state index contributed by atoms with van der Waals surface area (Å²) in [5.41, 5.74) is 0. The van der Waals surface area contributed by atoms with Crippen LogP contribution in [0.25, 0.3) is 0 Å². The third-order valence-corrected chi connectivity index (χ3v) is 5.10. The Bertz CT molecular complexity index is 391. The van der Waals surface area contributed by atoms with Gasteiger partial charge in [0.1, 0.15) is 18.3 Å². The highest BCUT2D eigenvalue weighted by Gasteiger charge is 2.48. The first-order valence-electron chi connectivity index (χ1n) is 10.5. The van der Waals surface area contributed by atoms with Crippen LogP contribution in [0.2, 0.25) is 0 Å². The summed E-state index contributed by atoms with van der Waals surface area (Å²) in [6.07, 6.45) is 7.56. The number of hydrogen-bond acceptors (Lipinski definition) is 6. The van der Waals surface area contributed by atoms with Crippen molar-refractivity contribution < 1.29 is 34.7 Å². The number of carboxylic acid groups (broad SMARTS) is 1. The summed E-state index contributed by atoms with van der Waals surface area (Å²) in [6, 6.07) is 0. The zero-order valence-corrected chi connectivity index (χ0v) is 16.6. The molecule has 0 aromatic carbocycles. The van der Waals surface area contributed by atoms with E-state index >= 15 is 0 Å². The van der Waals surface area contributed by atoms with Crippen LogP contribution in [0.5, 0.6) is 0 Å². The number of ether oxygens (including phenoxy) is 2. The minimum Gasteiger partial charge on any atom is -0.479 e. The van der Waals surface area contributed by atoms with E-state index in [1.807, 2.05) is 0 Å². The fourth-order valence-corrected chi connectivity index (χ4v) is 3.35. The summed E-state index contributed by atoms with van der Waals surface area (Å²) in [5, 5.41) is 37.9. The van der Waals surface area contributed by atoms with Gasteiger partial charge in [0.2, 0.25) is 0 Å². The standard InChI is InChI=1S/C20H38O7/c1-2-3-4-5-6-7-8-9-10-11-12-13-14-26-20-16(22)15(21)18(27-20)17(23)19(24)25/h15-18,20-23H,2-14H2,1H3,(H,24,25)/t15-,16-,17+,18-,20-/m1/s1. The Morgan fingerprint density at radius 1 is 0.889 bits per heavy atom. The van der Waals surface area contributed by atoms with E-state index in [4.69, 9.17) is 14.6 Å². The monoisotopic (exact) mass is 390 g/mol. The molecule has 0 bridgehead atoms. The molecule has 5 atom stereocenters. The molecule has 1 fully saturated rings. The van der Waals surface area contributed by atoms with Gasteiger partial charge in [-0.1, -0.05) is 77.6 Å². The van der Waals surface area contributed by atoms with Gasteiger partial charge in [-0.05, 0) is 6.42 Å². The summed E-state index contributed by atoms with van der Waals surface area (Å²) in [7, 11) is 0. The van der Waals surface area contributed by atoms with Gasteiger partial charge >= 0.3 is 5.97 Å². The van der Waals surface area contributed by atoms with E-state index in [0.29, 0.717) is 6.61 Å². The molecule has 0 aliphatic carbocycles. The molecule has 0 radical (unpaired) electrons. The van der Waals surface area contributed by atoms with Crippen molar-refractivity contribution in [3.05, 3.63) is 0 Å². The largest absolute Gasteiger partial charge is 0.479 e. The number of rotatable bonds is 16. The van der Waals surface area contributed by atoms with Crippen molar-refractivity contribution in [2.75, 3.05) is 6.61 Å². The number of hydrogen-bond donors (Lipinski definition) is 4. The van der Waals surface area contributed by atoms with Crippen molar-refractivity contribution in [3.63, 3.8) is 0 Å². The minimum atomic E-state index is -1.89. The number of carboxylic acids is 1. The molecular formula is C20H38O7. The van der Waals surface area contributed by atoms with Gasteiger partial charge in [0.05, 0.1) is 0 Å². The Morgan fingerprint density at radius 2 is 1.37 bits per heavy atom. The molecule has 0 spiro atoms. The number of aliphatic hydroxyl groups is 3. The molecule has 160 valence electrons. The summed E-state index contributed by atoms with van der Waals surface area (Å²) in [4.78, 5) is 10.8. The van der Waals surface area contributed by atoms with Crippen molar-refractivity contribution in [2.45, 2.75) is 115 Å². The lowest BCUT2D eigenvalue weighted by Crippen LogP contribution is -2.42. The van der Waals surface area contributed by atoms with Crippen LogP contribution in [0.1, 0.15) is 84.0 Å². The molecule has 0 amide bonds. The molecule has 7 nitrogen and oxygen atoms in total. The van der Waals surface area contributed by atoms with Gasteiger partial charge in [-0.3, -0.25) is 0 Å². The van der Waals surface area contributed by atoms with Crippen molar-refractivity contribution in [1.82, 2.24) is 0 Å². The maximum Gasteiger partial charge on any atom is 0.335 e. The predicted octanol–water partition coefficient (Wildman–Crippen LogP) is 2.60. The number of unbranched alkanes of at least 4 members (excludes halogenated alkanes) is 11. The first kappa shape index (κ1) is 24.3.